The lowest BCUT2D eigenvalue weighted by molar-refractivity contribution is -0.141. The van der Waals surface area contributed by atoms with Crippen molar-refractivity contribution in [1.82, 2.24) is 10.2 Å². The molecule has 0 aliphatic carbocycles. The van der Waals surface area contributed by atoms with Crippen LogP contribution in [0.1, 0.15) is 37.8 Å². The van der Waals surface area contributed by atoms with Crippen LogP contribution in [0.5, 0.6) is 0 Å². The average Bonchev–Trinajstić information content (AvgIpc) is 3.18. The lowest BCUT2D eigenvalue weighted by atomic mass is 10.0. The van der Waals surface area contributed by atoms with E-state index in [1.165, 1.54) is 4.31 Å². The van der Waals surface area contributed by atoms with Crippen molar-refractivity contribution in [3.05, 3.63) is 107 Å². The zero-order valence-corrected chi connectivity index (χ0v) is 25.2. The summed E-state index contributed by atoms with van der Waals surface area (Å²) in [4.78, 5) is 29.4. The molecular formula is C33H34ClN3O4S. The van der Waals surface area contributed by atoms with Crippen LogP contribution in [0, 0.1) is 0 Å². The second-order valence-electron chi connectivity index (χ2n) is 10.8. The van der Waals surface area contributed by atoms with Gasteiger partial charge in [-0.2, -0.15) is 0 Å². The van der Waals surface area contributed by atoms with Crippen molar-refractivity contribution in [3.8, 4) is 0 Å². The molecule has 42 heavy (non-hydrogen) atoms. The van der Waals surface area contributed by atoms with Gasteiger partial charge in [-0.3, -0.25) is 13.9 Å². The van der Waals surface area contributed by atoms with E-state index in [4.69, 9.17) is 11.6 Å². The smallest absolute Gasteiger partial charge is 0.265 e. The van der Waals surface area contributed by atoms with Gasteiger partial charge in [-0.05, 0) is 61.0 Å². The third-order valence-electron chi connectivity index (χ3n) is 7.38. The molecule has 7 nitrogen and oxygen atoms in total. The molecule has 218 valence electrons. The maximum atomic E-state index is 13.9. The van der Waals surface area contributed by atoms with Crippen molar-refractivity contribution >= 4 is 49.9 Å². The Morgan fingerprint density at radius 3 is 2.31 bits per heavy atom. The van der Waals surface area contributed by atoms with Crippen molar-refractivity contribution in [2.75, 3.05) is 10.8 Å². The van der Waals surface area contributed by atoms with Crippen LogP contribution in [0.25, 0.3) is 10.8 Å². The van der Waals surface area contributed by atoms with Gasteiger partial charge >= 0.3 is 0 Å². The number of carbonyl (C=O) groups excluding carboxylic acids is 2. The third kappa shape index (κ3) is 6.30. The highest BCUT2D eigenvalue weighted by atomic mass is 35.5. The zero-order chi connectivity index (χ0) is 29.9. The van der Waals surface area contributed by atoms with Gasteiger partial charge in [-0.1, -0.05) is 78.3 Å². The van der Waals surface area contributed by atoms with E-state index in [1.807, 2.05) is 74.5 Å². The summed E-state index contributed by atoms with van der Waals surface area (Å²) in [5.41, 5.74) is 2.36. The largest absolute Gasteiger partial charge is 0.352 e. The molecule has 0 aromatic heterocycles. The molecule has 1 heterocycles. The molecule has 0 radical (unpaired) electrons. The fraction of sp³-hybridized carbons (Fsp3) is 0.273. The number of halogens is 1. The molecule has 0 saturated carbocycles. The molecule has 1 atom stereocenters. The number of benzene rings is 4. The highest BCUT2D eigenvalue weighted by Crippen LogP contribution is 2.42. The molecule has 4 aromatic carbocycles. The maximum absolute atomic E-state index is 13.9. The average molecular weight is 604 g/mol. The van der Waals surface area contributed by atoms with Crippen LogP contribution in [0.15, 0.2) is 95.9 Å². The lowest BCUT2D eigenvalue weighted by Crippen LogP contribution is -2.51. The maximum Gasteiger partial charge on any atom is 0.265 e. The standard InChI is InChI=1S/C33H34ClN3O4S/c1-23(2)35-33(39)29(21-24-10-4-3-5-11-24)36(22-25-12-6-15-27(34)20-25)31(38)18-9-19-37-28-16-7-13-26-14-8-17-30(32(26)28)42(37,40)41/h3-8,10-17,20,23,29H,9,18-19,21-22H2,1-2H3,(H,35,39). The van der Waals surface area contributed by atoms with E-state index in [-0.39, 0.29) is 42.3 Å². The number of carbonyl (C=O) groups is 2. The van der Waals surface area contributed by atoms with E-state index in [2.05, 4.69) is 5.32 Å². The quantitative estimate of drug-likeness (QED) is 0.230. The fourth-order valence-corrected chi connectivity index (χ4v) is 7.44. The van der Waals surface area contributed by atoms with Crippen LogP contribution >= 0.6 is 11.6 Å². The van der Waals surface area contributed by atoms with E-state index in [9.17, 15) is 18.0 Å². The normalized spacial score (nSPS) is 14.2. The first-order valence-electron chi connectivity index (χ1n) is 14.1. The molecule has 1 aliphatic heterocycles. The number of hydrogen-bond acceptors (Lipinski definition) is 4. The van der Waals surface area contributed by atoms with E-state index in [0.29, 0.717) is 28.9 Å². The predicted molar refractivity (Wildman–Crippen MR) is 167 cm³/mol. The van der Waals surface area contributed by atoms with E-state index < -0.39 is 16.1 Å². The molecule has 4 aromatic rings. The van der Waals surface area contributed by atoms with Crippen LogP contribution in [0.3, 0.4) is 0 Å². The van der Waals surface area contributed by atoms with Crippen molar-refractivity contribution < 1.29 is 18.0 Å². The first-order valence-corrected chi connectivity index (χ1v) is 15.9. The molecule has 0 spiro atoms. The van der Waals surface area contributed by atoms with Gasteiger partial charge < -0.3 is 10.2 Å². The Bertz CT molecular complexity index is 1700. The fourth-order valence-electron chi connectivity index (χ4n) is 5.48. The summed E-state index contributed by atoms with van der Waals surface area (Å²) in [6.45, 7) is 4.11. The summed E-state index contributed by atoms with van der Waals surface area (Å²) >= 11 is 6.26. The van der Waals surface area contributed by atoms with E-state index in [0.717, 1.165) is 16.5 Å². The highest BCUT2D eigenvalue weighted by Gasteiger charge is 2.36. The SMILES string of the molecule is CC(C)NC(=O)C(Cc1ccccc1)N(Cc1cccc(Cl)c1)C(=O)CCCN1c2cccc3cccc(c23)S1(=O)=O. The van der Waals surface area contributed by atoms with Crippen LogP contribution in [0.4, 0.5) is 5.69 Å². The Morgan fingerprint density at radius 2 is 1.60 bits per heavy atom. The predicted octanol–water partition coefficient (Wildman–Crippen LogP) is 5.95. The lowest BCUT2D eigenvalue weighted by Gasteiger charge is -2.32. The zero-order valence-electron chi connectivity index (χ0n) is 23.7. The van der Waals surface area contributed by atoms with Gasteiger partial charge in [0.1, 0.15) is 6.04 Å². The van der Waals surface area contributed by atoms with E-state index >= 15 is 0 Å². The second kappa shape index (κ2) is 12.5. The Hall–Kier alpha value is -3.88. The highest BCUT2D eigenvalue weighted by molar-refractivity contribution is 7.93. The van der Waals surface area contributed by atoms with Crippen molar-refractivity contribution in [1.29, 1.82) is 0 Å². The first kappa shape index (κ1) is 29.6. The second-order valence-corrected chi connectivity index (χ2v) is 13.1. The molecule has 1 aliphatic rings. The van der Waals surface area contributed by atoms with Crippen molar-refractivity contribution in [2.24, 2.45) is 0 Å². The summed E-state index contributed by atoms with van der Waals surface area (Å²) in [5, 5.41) is 5.09. The van der Waals surface area contributed by atoms with Gasteiger partial charge in [-0.25, -0.2) is 8.42 Å². The summed E-state index contributed by atoms with van der Waals surface area (Å²) in [6.07, 6.45) is 0.695. The number of rotatable bonds is 11. The van der Waals surface area contributed by atoms with Crippen molar-refractivity contribution in [3.63, 3.8) is 0 Å². The van der Waals surface area contributed by atoms with Gasteiger partial charge in [-0.15, -0.1) is 0 Å². The summed E-state index contributed by atoms with van der Waals surface area (Å²) < 4.78 is 28.2. The number of nitrogens with one attached hydrogen (secondary N) is 1. The van der Waals surface area contributed by atoms with Gasteiger partial charge in [0.2, 0.25) is 11.8 Å². The molecular weight excluding hydrogens is 570 g/mol. The molecule has 5 rings (SSSR count). The number of sulfonamides is 1. The van der Waals surface area contributed by atoms with Gasteiger partial charge in [0.15, 0.2) is 0 Å². The minimum absolute atomic E-state index is 0.0686. The molecule has 0 saturated heterocycles. The number of hydrogen-bond donors (Lipinski definition) is 1. The molecule has 1 unspecified atom stereocenters. The minimum Gasteiger partial charge on any atom is -0.352 e. The first-order chi connectivity index (χ1) is 20.1. The van der Waals surface area contributed by atoms with Crippen LogP contribution in [-0.4, -0.2) is 43.8 Å². The number of amides is 2. The van der Waals surface area contributed by atoms with Crippen LogP contribution in [0.2, 0.25) is 5.02 Å². The molecule has 1 N–H and O–H groups in total. The van der Waals surface area contributed by atoms with Gasteiger partial charge in [0, 0.05) is 42.4 Å². The van der Waals surface area contributed by atoms with Gasteiger partial charge in [0.05, 0.1) is 10.6 Å². The van der Waals surface area contributed by atoms with Gasteiger partial charge in [0.25, 0.3) is 10.0 Å². The Balaban J connectivity index is 1.40. The Labute approximate surface area is 252 Å². The molecule has 9 heteroatoms. The molecule has 0 bridgehead atoms. The van der Waals surface area contributed by atoms with Crippen molar-refractivity contribution in [2.45, 2.75) is 56.6 Å². The molecule has 0 fully saturated rings. The van der Waals surface area contributed by atoms with E-state index in [1.54, 1.807) is 35.2 Å². The minimum atomic E-state index is -3.72. The third-order valence-corrected chi connectivity index (χ3v) is 9.47. The van der Waals surface area contributed by atoms with Crippen LogP contribution in [-0.2, 0) is 32.6 Å². The number of nitrogens with zero attached hydrogens (tertiary/aromatic N) is 2. The summed E-state index contributed by atoms with van der Waals surface area (Å²) in [5.74, 6) is -0.476. The topological polar surface area (TPSA) is 86.8 Å². The monoisotopic (exact) mass is 603 g/mol. The van der Waals surface area contributed by atoms with Crippen LogP contribution < -0.4 is 9.62 Å². The summed E-state index contributed by atoms with van der Waals surface area (Å²) in [6, 6.07) is 26.8. The Morgan fingerprint density at radius 1 is 0.905 bits per heavy atom. The number of anilines is 1. The summed E-state index contributed by atoms with van der Waals surface area (Å²) in [7, 11) is -3.72. The molecule has 2 amide bonds. The Kier molecular flexibility index (Phi) is 8.85.